The molecule has 0 aliphatic carbocycles. The number of benzene rings is 2. The minimum atomic E-state index is -3.93. The van der Waals surface area contributed by atoms with Gasteiger partial charge < -0.3 is 0 Å². The molecule has 0 N–H and O–H groups in total. The summed E-state index contributed by atoms with van der Waals surface area (Å²) in [7, 11) is -3.93. The van der Waals surface area contributed by atoms with E-state index in [-0.39, 0.29) is 35.4 Å². The lowest BCUT2D eigenvalue weighted by Crippen LogP contribution is -2.40. The van der Waals surface area contributed by atoms with E-state index in [1.165, 1.54) is 24.3 Å². The Hall–Kier alpha value is -3.04. The molecule has 4 nitrogen and oxygen atoms in total. The molecule has 1 saturated heterocycles. The van der Waals surface area contributed by atoms with Crippen molar-refractivity contribution < 1.29 is 30.8 Å². The summed E-state index contributed by atoms with van der Waals surface area (Å²) >= 11 is 0. The van der Waals surface area contributed by atoms with Crippen LogP contribution in [0, 0.1) is 23.3 Å². The zero-order valence-electron chi connectivity index (χ0n) is 15.4. The summed E-state index contributed by atoms with van der Waals surface area (Å²) in [6.45, 7) is 2.61. The van der Waals surface area contributed by atoms with Crippen LogP contribution in [-0.2, 0) is 14.8 Å². The van der Waals surface area contributed by atoms with Gasteiger partial charge in [-0.1, -0.05) is 18.7 Å². The molecule has 0 bridgehead atoms. The van der Waals surface area contributed by atoms with Crippen molar-refractivity contribution in [2.24, 2.45) is 0 Å². The number of hydrogen-bond donors (Lipinski definition) is 0. The maximum Gasteiger partial charge on any atom is 0.236 e. The SMILES string of the molecule is C=CS(=O)(=O)N1C/C(=C\c2ccc(F)c(F)c2)C(=O)/C(=C/c2ccc(F)c(F)c2)C1. The highest BCUT2D eigenvalue weighted by Gasteiger charge is 2.31. The number of sulfonamides is 1. The molecule has 0 atom stereocenters. The van der Waals surface area contributed by atoms with Crippen molar-refractivity contribution in [3.63, 3.8) is 0 Å². The molecule has 2 aromatic rings. The van der Waals surface area contributed by atoms with Gasteiger partial charge in [0.1, 0.15) is 0 Å². The second-order valence-corrected chi connectivity index (χ2v) is 8.37. The lowest BCUT2D eigenvalue weighted by molar-refractivity contribution is -0.113. The van der Waals surface area contributed by atoms with Gasteiger partial charge in [0, 0.05) is 29.6 Å². The van der Waals surface area contributed by atoms with E-state index in [1.807, 2.05) is 0 Å². The van der Waals surface area contributed by atoms with Crippen LogP contribution in [0.3, 0.4) is 0 Å². The number of Topliss-reactive ketones (excluding diaryl/α,β-unsaturated/α-hetero) is 1. The Morgan fingerprint density at radius 3 is 1.60 bits per heavy atom. The Bertz CT molecular complexity index is 1130. The van der Waals surface area contributed by atoms with Crippen LogP contribution >= 0.6 is 0 Å². The van der Waals surface area contributed by atoms with Crippen molar-refractivity contribution >= 4 is 28.0 Å². The highest BCUT2D eigenvalue weighted by atomic mass is 32.2. The van der Waals surface area contributed by atoms with Crippen molar-refractivity contribution in [1.82, 2.24) is 4.31 Å². The van der Waals surface area contributed by atoms with E-state index < -0.39 is 39.1 Å². The molecular weight excluding hydrogens is 422 g/mol. The van der Waals surface area contributed by atoms with Gasteiger partial charge in [0.15, 0.2) is 29.1 Å². The van der Waals surface area contributed by atoms with Crippen molar-refractivity contribution in [3.05, 3.63) is 93.9 Å². The van der Waals surface area contributed by atoms with Gasteiger partial charge in [-0.25, -0.2) is 26.0 Å². The second-order valence-electron chi connectivity index (χ2n) is 6.50. The second kappa shape index (κ2) is 8.37. The monoisotopic (exact) mass is 437 g/mol. The highest BCUT2D eigenvalue weighted by Crippen LogP contribution is 2.25. The van der Waals surface area contributed by atoms with Crippen molar-refractivity contribution in [2.45, 2.75) is 0 Å². The van der Waals surface area contributed by atoms with E-state index in [2.05, 4.69) is 6.58 Å². The molecule has 0 saturated carbocycles. The smallest absolute Gasteiger partial charge is 0.236 e. The quantitative estimate of drug-likeness (QED) is 0.535. The lowest BCUT2D eigenvalue weighted by atomic mass is 9.95. The normalized spacial score (nSPS) is 18.2. The van der Waals surface area contributed by atoms with E-state index in [9.17, 15) is 30.8 Å². The molecule has 9 heteroatoms. The minimum absolute atomic E-state index is 0.00785. The molecule has 3 rings (SSSR count). The van der Waals surface area contributed by atoms with Gasteiger partial charge in [-0.2, -0.15) is 4.31 Å². The Morgan fingerprint density at radius 1 is 0.800 bits per heavy atom. The molecule has 0 amide bonds. The molecule has 30 heavy (non-hydrogen) atoms. The average molecular weight is 437 g/mol. The number of piperidine rings is 1. The Morgan fingerprint density at radius 2 is 1.23 bits per heavy atom. The van der Waals surface area contributed by atoms with E-state index >= 15 is 0 Å². The van der Waals surface area contributed by atoms with Crippen LogP contribution in [0.2, 0.25) is 0 Å². The average Bonchev–Trinajstić information content (AvgIpc) is 2.70. The number of rotatable bonds is 4. The maximum absolute atomic E-state index is 13.5. The van der Waals surface area contributed by atoms with E-state index in [0.717, 1.165) is 28.6 Å². The number of hydrogen-bond acceptors (Lipinski definition) is 3. The molecule has 1 heterocycles. The third-order valence-electron chi connectivity index (χ3n) is 4.42. The summed E-state index contributed by atoms with van der Waals surface area (Å²) in [4.78, 5) is 12.9. The fourth-order valence-electron chi connectivity index (χ4n) is 2.90. The van der Waals surface area contributed by atoms with Crippen LogP contribution in [0.1, 0.15) is 11.1 Å². The number of nitrogens with zero attached hydrogens (tertiary/aromatic N) is 1. The highest BCUT2D eigenvalue weighted by molar-refractivity contribution is 7.92. The molecular formula is C21H15F4NO3S. The van der Waals surface area contributed by atoms with Gasteiger partial charge >= 0.3 is 0 Å². The van der Waals surface area contributed by atoms with E-state index in [4.69, 9.17) is 0 Å². The van der Waals surface area contributed by atoms with Gasteiger partial charge in [-0.15, -0.1) is 0 Å². The van der Waals surface area contributed by atoms with E-state index in [1.54, 1.807) is 0 Å². The van der Waals surface area contributed by atoms with Crippen molar-refractivity contribution in [2.75, 3.05) is 13.1 Å². The molecule has 1 aliphatic rings. The van der Waals surface area contributed by atoms with Crippen LogP contribution in [0.25, 0.3) is 12.2 Å². The van der Waals surface area contributed by atoms with Gasteiger partial charge in [0.2, 0.25) is 10.0 Å². The third-order valence-corrected chi connectivity index (χ3v) is 5.82. The third kappa shape index (κ3) is 4.58. The Kier molecular flexibility index (Phi) is 6.04. The van der Waals surface area contributed by atoms with Crippen LogP contribution in [0.15, 0.2) is 59.5 Å². The van der Waals surface area contributed by atoms with Crippen molar-refractivity contribution in [3.8, 4) is 0 Å². The molecule has 2 aromatic carbocycles. The van der Waals surface area contributed by atoms with Gasteiger partial charge in [0.05, 0.1) is 0 Å². The molecule has 0 spiro atoms. The van der Waals surface area contributed by atoms with Crippen LogP contribution in [0.5, 0.6) is 0 Å². The standard InChI is InChI=1S/C21H15F4NO3S/c1-2-30(28,29)26-11-15(7-13-3-5-17(22)19(24)9-13)21(27)16(12-26)8-14-4-6-18(23)20(25)10-14/h2-10H,1,11-12H2/b15-7+,16-8+. The zero-order chi connectivity index (χ0) is 22.1. The predicted octanol–water partition coefficient (Wildman–Crippen LogP) is 4.07. The van der Waals surface area contributed by atoms with Crippen LogP contribution in [-0.4, -0.2) is 31.6 Å². The minimum Gasteiger partial charge on any atom is -0.289 e. The topological polar surface area (TPSA) is 54.5 Å². The fourth-order valence-corrected chi connectivity index (χ4v) is 3.75. The molecule has 156 valence electrons. The van der Waals surface area contributed by atoms with Crippen LogP contribution in [0.4, 0.5) is 17.6 Å². The van der Waals surface area contributed by atoms with Gasteiger partial charge in [-0.05, 0) is 47.5 Å². The lowest BCUT2D eigenvalue weighted by Gasteiger charge is -2.28. The molecule has 1 fully saturated rings. The summed E-state index contributed by atoms with van der Waals surface area (Å²) in [6.07, 6.45) is 2.49. The molecule has 0 unspecified atom stereocenters. The molecule has 0 aromatic heterocycles. The van der Waals surface area contributed by atoms with Gasteiger partial charge in [-0.3, -0.25) is 4.79 Å². The first-order valence-corrected chi connectivity index (χ1v) is 10.1. The molecule has 0 radical (unpaired) electrons. The summed E-state index contributed by atoms with van der Waals surface area (Å²) in [5.74, 6) is -4.94. The van der Waals surface area contributed by atoms with Crippen molar-refractivity contribution in [1.29, 1.82) is 0 Å². The summed E-state index contributed by atoms with van der Waals surface area (Å²) < 4.78 is 78.8. The largest absolute Gasteiger partial charge is 0.289 e. The summed E-state index contributed by atoms with van der Waals surface area (Å²) in [5.41, 5.74) is 0.294. The number of halogens is 4. The predicted molar refractivity (Wildman–Crippen MR) is 104 cm³/mol. The fraction of sp³-hybridized carbons (Fsp3) is 0.0952. The summed E-state index contributed by atoms with van der Waals surface area (Å²) in [5, 5.41) is 0.715. The van der Waals surface area contributed by atoms with Crippen LogP contribution < -0.4 is 0 Å². The van der Waals surface area contributed by atoms with E-state index in [0.29, 0.717) is 5.41 Å². The first-order valence-electron chi connectivity index (χ1n) is 8.59. The Balaban J connectivity index is 2.08. The number of carbonyl (C=O) groups is 1. The number of ketones is 1. The first-order chi connectivity index (χ1) is 14.1. The zero-order valence-corrected chi connectivity index (χ0v) is 16.2. The van der Waals surface area contributed by atoms with Gasteiger partial charge in [0.25, 0.3) is 0 Å². The summed E-state index contributed by atoms with van der Waals surface area (Å²) in [6, 6.07) is 5.97. The maximum atomic E-state index is 13.5. The molecule has 1 aliphatic heterocycles. The number of carbonyl (C=O) groups excluding carboxylic acids is 1. The first kappa shape index (κ1) is 21.7. The Labute approximate surface area is 170 Å².